The number of aromatic nitrogens is 2. The van der Waals surface area contributed by atoms with Crippen molar-refractivity contribution in [3.05, 3.63) is 77.2 Å². The number of benzene rings is 1. The Kier molecular flexibility index (Phi) is 6.22. The summed E-state index contributed by atoms with van der Waals surface area (Å²) in [4.78, 5) is 9.35. The van der Waals surface area contributed by atoms with Gasteiger partial charge < -0.3 is 4.74 Å². The van der Waals surface area contributed by atoms with Crippen LogP contribution >= 0.6 is 11.3 Å². The van der Waals surface area contributed by atoms with Crippen LogP contribution in [-0.2, 0) is 0 Å². The van der Waals surface area contributed by atoms with Crippen LogP contribution in [-0.4, -0.2) is 29.0 Å². The molecule has 0 bridgehead atoms. The zero-order chi connectivity index (χ0) is 19.1. The number of halogens is 2. The third-order valence-electron chi connectivity index (χ3n) is 3.41. The molecule has 0 fully saturated rings. The van der Waals surface area contributed by atoms with Gasteiger partial charge in [-0.2, -0.15) is 13.9 Å². The topological polar surface area (TPSA) is 51.8 Å². The van der Waals surface area contributed by atoms with Gasteiger partial charge in [-0.25, -0.2) is 4.68 Å². The zero-order valence-corrected chi connectivity index (χ0v) is 15.0. The average Bonchev–Trinajstić information content (AvgIpc) is 3.08. The van der Waals surface area contributed by atoms with Crippen molar-refractivity contribution in [1.29, 1.82) is 0 Å². The van der Waals surface area contributed by atoms with E-state index in [1.807, 2.05) is 23.6 Å². The van der Waals surface area contributed by atoms with Crippen molar-refractivity contribution in [2.75, 3.05) is 6.54 Å². The fourth-order valence-corrected chi connectivity index (χ4v) is 3.08. The molecule has 0 N–H and O–H groups in total. The molecule has 0 atom stereocenters. The largest absolute Gasteiger partial charge is 0.435 e. The van der Waals surface area contributed by atoms with Crippen LogP contribution in [0.15, 0.2) is 76.8 Å². The molecule has 5 nitrogen and oxygen atoms in total. The van der Waals surface area contributed by atoms with Crippen LogP contribution in [0, 0.1) is 0 Å². The maximum absolute atomic E-state index is 12.3. The molecule has 0 unspecified atom stereocenters. The van der Waals surface area contributed by atoms with Gasteiger partial charge in [0.1, 0.15) is 5.75 Å². The highest BCUT2D eigenvalue weighted by molar-refractivity contribution is 7.07. The van der Waals surface area contributed by atoms with E-state index in [2.05, 4.69) is 26.4 Å². The van der Waals surface area contributed by atoms with E-state index in [4.69, 9.17) is 0 Å². The lowest BCUT2D eigenvalue weighted by atomic mass is 10.2. The van der Waals surface area contributed by atoms with Gasteiger partial charge in [0.05, 0.1) is 24.1 Å². The number of alkyl halides is 2. The van der Waals surface area contributed by atoms with Crippen LogP contribution in [0.3, 0.4) is 0 Å². The summed E-state index contributed by atoms with van der Waals surface area (Å²) in [6, 6.07) is 11.9. The first-order chi connectivity index (χ1) is 13.2. The predicted octanol–water partition coefficient (Wildman–Crippen LogP) is 4.18. The quantitative estimate of drug-likeness (QED) is 0.452. The number of ether oxygens (including phenoxy) is 1. The Morgan fingerprint density at radius 3 is 2.70 bits per heavy atom. The third-order valence-corrected chi connectivity index (χ3v) is 4.26. The molecule has 2 heterocycles. The van der Waals surface area contributed by atoms with Crippen LogP contribution in [0.5, 0.6) is 5.75 Å². The van der Waals surface area contributed by atoms with Gasteiger partial charge >= 0.3 is 6.61 Å². The summed E-state index contributed by atoms with van der Waals surface area (Å²) in [5.74, 6) is 0.101. The molecule has 3 rings (SSSR count). The predicted molar refractivity (Wildman–Crippen MR) is 102 cm³/mol. The number of hydrogen-bond donors (Lipinski definition) is 0. The van der Waals surface area contributed by atoms with Gasteiger partial charge in [-0.3, -0.25) is 9.98 Å². The highest BCUT2D eigenvalue weighted by Gasteiger charge is 2.09. The molecule has 2 aromatic heterocycles. The highest BCUT2D eigenvalue weighted by atomic mass is 32.1. The van der Waals surface area contributed by atoms with E-state index in [0.717, 1.165) is 11.3 Å². The summed E-state index contributed by atoms with van der Waals surface area (Å²) in [5.41, 5.74) is 2.28. The van der Waals surface area contributed by atoms with Crippen molar-refractivity contribution in [2.24, 2.45) is 10.1 Å². The lowest BCUT2D eigenvalue weighted by Crippen LogP contribution is -2.12. The minimum absolute atomic E-state index is 0.101. The number of rotatable bonds is 7. The molecule has 0 saturated heterocycles. The summed E-state index contributed by atoms with van der Waals surface area (Å²) in [6.07, 6.45) is 5.02. The first-order valence-corrected chi connectivity index (χ1v) is 8.88. The summed E-state index contributed by atoms with van der Waals surface area (Å²) < 4.78 is 30.7. The number of hydrogen-bond acceptors (Lipinski definition) is 5. The Balaban J connectivity index is 1.99. The molecule has 1 aromatic carbocycles. The number of nitrogens with zero attached hydrogens (tertiary/aromatic N) is 4. The second kappa shape index (κ2) is 9.00. The molecular formula is C19H16F2N4OS. The first-order valence-electron chi connectivity index (χ1n) is 8.00. The number of thiazole rings is 1. The molecule has 138 valence electrons. The summed E-state index contributed by atoms with van der Waals surface area (Å²) in [7, 11) is 0. The Morgan fingerprint density at radius 2 is 2.04 bits per heavy atom. The SMILES string of the molecule is C=CCN=c1scc(-c2ccc(OC(F)F)cc2)n1/N=C\c1ccccn1. The smallest absolute Gasteiger partial charge is 0.387 e. The van der Waals surface area contributed by atoms with E-state index < -0.39 is 6.61 Å². The fraction of sp³-hybridized carbons (Fsp3) is 0.105. The van der Waals surface area contributed by atoms with Crippen molar-refractivity contribution in [3.8, 4) is 17.0 Å². The van der Waals surface area contributed by atoms with Gasteiger partial charge in [0, 0.05) is 17.1 Å². The molecular weight excluding hydrogens is 370 g/mol. The molecule has 0 spiro atoms. The standard InChI is InChI=1S/C19H16F2N4OS/c1-2-10-23-19-25(24-12-15-5-3-4-11-22-15)17(13-27-19)14-6-8-16(9-7-14)26-18(20)21/h2-9,11-13,18H,1,10H2/b23-19?,24-12-. The van der Waals surface area contributed by atoms with Crippen molar-refractivity contribution in [1.82, 2.24) is 9.66 Å². The fourth-order valence-electron chi connectivity index (χ4n) is 2.24. The lowest BCUT2D eigenvalue weighted by molar-refractivity contribution is -0.0498. The van der Waals surface area contributed by atoms with Gasteiger partial charge in [0.2, 0.25) is 4.80 Å². The molecule has 0 saturated carbocycles. The molecule has 0 radical (unpaired) electrons. The maximum Gasteiger partial charge on any atom is 0.387 e. The Morgan fingerprint density at radius 1 is 1.22 bits per heavy atom. The highest BCUT2D eigenvalue weighted by Crippen LogP contribution is 2.24. The molecule has 27 heavy (non-hydrogen) atoms. The minimum Gasteiger partial charge on any atom is -0.435 e. The first kappa shape index (κ1) is 18.7. The molecule has 0 amide bonds. The molecule has 3 aromatic rings. The van der Waals surface area contributed by atoms with E-state index in [9.17, 15) is 8.78 Å². The summed E-state index contributed by atoms with van der Waals surface area (Å²) in [6.45, 7) is 1.28. The van der Waals surface area contributed by atoms with Crippen LogP contribution in [0.2, 0.25) is 0 Å². The Hall–Kier alpha value is -3.13. The maximum atomic E-state index is 12.3. The van der Waals surface area contributed by atoms with Crippen LogP contribution < -0.4 is 9.54 Å². The van der Waals surface area contributed by atoms with Gasteiger partial charge in [0.25, 0.3) is 0 Å². The lowest BCUT2D eigenvalue weighted by Gasteiger charge is -2.06. The van der Waals surface area contributed by atoms with Crippen LogP contribution in [0.1, 0.15) is 5.69 Å². The third kappa shape index (κ3) is 4.95. The number of pyridine rings is 1. The van der Waals surface area contributed by atoms with Crippen LogP contribution in [0.4, 0.5) is 8.78 Å². The van der Waals surface area contributed by atoms with E-state index in [1.165, 1.54) is 23.5 Å². The Bertz CT molecular complexity index is 979. The van der Waals surface area contributed by atoms with E-state index in [-0.39, 0.29) is 5.75 Å². The van der Waals surface area contributed by atoms with Gasteiger partial charge in [-0.05, 0) is 36.4 Å². The second-order valence-electron chi connectivity index (χ2n) is 5.25. The molecule has 8 heteroatoms. The van der Waals surface area contributed by atoms with E-state index >= 15 is 0 Å². The van der Waals surface area contributed by atoms with Crippen molar-refractivity contribution in [3.63, 3.8) is 0 Å². The zero-order valence-electron chi connectivity index (χ0n) is 14.2. The minimum atomic E-state index is -2.85. The van der Waals surface area contributed by atoms with Gasteiger partial charge in [0.15, 0.2) is 0 Å². The monoisotopic (exact) mass is 386 g/mol. The normalized spacial score (nSPS) is 12.0. The summed E-state index contributed by atoms with van der Waals surface area (Å²) >= 11 is 1.42. The molecule has 0 aliphatic heterocycles. The van der Waals surface area contributed by atoms with Crippen molar-refractivity contribution >= 4 is 17.6 Å². The van der Waals surface area contributed by atoms with E-state index in [1.54, 1.807) is 35.3 Å². The summed E-state index contributed by atoms with van der Waals surface area (Å²) in [5, 5.41) is 6.40. The van der Waals surface area contributed by atoms with Crippen molar-refractivity contribution in [2.45, 2.75) is 6.61 Å². The Labute approximate surface area is 158 Å². The molecule has 0 aliphatic rings. The van der Waals surface area contributed by atoms with E-state index in [0.29, 0.717) is 17.0 Å². The average molecular weight is 386 g/mol. The molecule has 0 aliphatic carbocycles. The van der Waals surface area contributed by atoms with Crippen molar-refractivity contribution < 1.29 is 13.5 Å². The second-order valence-corrected chi connectivity index (χ2v) is 6.08. The van der Waals surface area contributed by atoms with Gasteiger partial charge in [-0.15, -0.1) is 17.9 Å². The van der Waals surface area contributed by atoms with Gasteiger partial charge in [-0.1, -0.05) is 12.1 Å². The van der Waals surface area contributed by atoms with Crippen LogP contribution in [0.25, 0.3) is 11.3 Å².